The first-order chi connectivity index (χ1) is 9.02. The van der Waals surface area contributed by atoms with Gasteiger partial charge in [-0.05, 0) is 31.9 Å². The minimum atomic E-state index is 0.151. The summed E-state index contributed by atoms with van der Waals surface area (Å²) in [5, 5.41) is 3.63. The zero-order valence-corrected chi connectivity index (χ0v) is 12.7. The molecule has 2 nitrogen and oxygen atoms in total. The molecule has 1 N–H and O–H groups in total. The van der Waals surface area contributed by atoms with Gasteiger partial charge in [0, 0.05) is 36.8 Å². The van der Waals surface area contributed by atoms with Crippen LogP contribution in [-0.4, -0.2) is 30.1 Å². The molecule has 0 bridgehead atoms. The second-order valence-electron chi connectivity index (χ2n) is 6.05. The molecule has 1 atom stereocenters. The van der Waals surface area contributed by atoms with E-state index in [2.05, 4.69) is 61.3 Å². The Balaban J connectivity index is 2.20. The molecule has 0 saturated carbocycles. The molecule has 1 aromatic rings. The van der Waals surface area contributed by atoms with E-state index in [1.54, 1.807) is 5.54 Å². The van der Waals surface area contributed by atoms with Gasteiger partial charge in [0.2, 0.25) is 0 Å². The number of halogens is 1. The fraction of sp³-hybridized carbons (Fsp3) is 0.500. The Hall–Kier alpha value is -0.830. The molecular formula is C16H23ClN2. The van der Waals surface area contributed by atoms with Gasteiger partial charge in [-0.25, -0.2) is 0 Å². The molecule has 0 aliphatic carbocycles. The Bertz CT molecular complexity index is 439. The van der Waals surface area contributed by atoms with Gasteiger partial charge in [0.25, 0.3) is 0 Å². The molecule has 3 heteroatoms. The zero-order valence-electron chi connectivity index (χ0n) is 12.0. The van der Waals surface area contributed by atoms with Crippen LogP contribution in [0.1, 0.15) is 32.4 Å². The molecule has 0 spiro atoms. The second-order valence-corrected chi connectivity index (χ2v) is 6.27. The van der Waals surface area contributed by atoms with Crippen LogP contribution >= 0.6 is 11.6 Å². The van der Waals surface area contributed by atoms with E-state index in [0.29, 0.717) is 6.04 Å². The molecule has 0 radical (unpaired) electrons. The maximum Gasteiger partial charge on any atom is 0.0477 e. The molecule has 104 valence electrons. The molecule has 19 heavy (non-hydrogen) atoms. The van der Waals surface area contributed by atoms with Crippen molar-refractivity contribution in [3.05, 3.63) is 47.0 Å². The van der Waals surface area contributed by atoms with E-state index in [0.717, 1.165) is 19.6 Å². The fourth-order valence-electron chi connectivity index (χ4n) is 2.70. The summed E-state index contributed by atoms with van der Waals surface area (Å²) in [5.41, 5.74) is 4.42. The van der Waals surface area contributed by atoms with Crippen LogP contribution in [-0.2, 0) is 0 Å². The van der Waals surface area contributed by atoms with Crippen molar-refractivity contribution in [1.29, 1.82) is 0 Å². The van der Waals surface area contributed by atoms with Crippen LogP contribution in [0.15, 0.2) is 41.4 Å². The molecule has 1 aromatic carbocycles. The number of piperazine rings is 1. The van der Waals surface area contributed by atoms with Gasteiger partial charge in [-0.2, -0.15) is 0 Å². The van der Waals surface area contributed by atoms with Crippen LogP contribution in [0.3, 0.4) is 0 Å². The predicted molar refractivity (Wildman–Crippen MR) is 82.4 cm³/mol. The largest absolute Gasteiger partial charge is 0.309 e. The lowest BCUT2D eigenvalue weighted by molar-refractivity contribution is 0.105. The maximum atomic E-state index is 5.83. The number of benzene rings is 1. The lowest BCUT2D eigenvalue weighted by Crippen LogP contribution is -2.58. The van der Waals surface area contributed by atoms with E-state index >= 15 is 0 Å². The fourth-order valence-corrected chi connectivity index (χ4v) is 2.77. The molecule has 1 aliphatic rings. The highest BCUT2D eigenvalue weighted by Crippen LogP contribution is 2.27. The summed E-state index contributed by atoms with van der Waals surface area (Å²) in [5.74, 6) is 0. The van der Waals surface area contributed by atoms with Crippen molar-refractivity contribution in [2.24, 2.45) is 0 Å². The van der Waals surface area contributed by atoms with E-state index in [1.807, 2.05) is 0 Å². The van der Waals surface area contributed by atoms with E-state index < -0.39 is 0 Å². The van der Waals surface area contributed by atoms with Gasteiger partial charge in [-0.3, -0.25) is 4.90 Å². The van der Waals surface area contributed by atoms with Crippen molar-refractivity contribution in [3.8, 4) is 0 Å². The zero-order chi connectivity index (χ0) is 13.9. The van der Waals surface area contributed by atoms with Crippen LogP contribution in [0.2, 0.25) is 0 Å². The van der Waals surface area contributed by atoms with Crippen LogP contribution in [0.25, 0.3) is 0 Å². The highest BCUT2D eigenvalue weighted by atomic mass is 35.5. The topological polar surface area (TPSA) is 15.3 Å². The third kappa shape index (κ3) is 3.82. The van der Waals surface area contributed by atoms with Crippen LogP contribution < -0.4 is 5.32 Å². The standard InChI is InChI=1S/C16H23ClN2/c1-13(9-17)11-19-12-16(2,3)18-10-15(19)14-7-5-4-6-8-14/h4-9,15,18H,10-12H2,1-3H3/b13-9-. The average Bonchev–Trinajstić information content (AvgIpc) is 2.39. The quantitative estimate of drug-likeness (QED) is 0.910. The number of rotatable bonds is 3. The van der Waals surface area contributed by atoms with Crippen molar-refractivity contribution >= 4 is 11.6 Å². The molecule has 1 saturated heterocycles. The number of hydrogen-bond donors (Lipinski definition) is 1. The van der Waals surface area contributed by atoms with Gasteiger partial charge in [-0.1, -0.05) is 41.9 Å². The molecule has 1 aliphatic heterocycles. The molecule has 1 fully saturated rings. The van der Waals surface area contributed by atoms with E-state index in [4.69, 9.17) is 11.6 Å². The highest BCUT2D eigenvalue weighted by Gasteiger charge is 2.32. The second kappa shape index (κ2) is 6.08. The summed E-state index contributed by atoms with van der Waals surface area (Å²) in [6, 6.07) is 11.1. The van der Waals surface area contributed by atoms with Crippen molar-refractivity contribution < 1.29 is 0 Å². The Labute approximate surface area is 121 Å². The van der Waals surface area contributed by atoms with Gasteiger partial charge >= 0.3 is 0 Å². The maximum absolute atomic E-state index is 5.83. The Morgan fingerprint density at radius 1 is 1.42 bits per heavy atom. The van der Waals surface area contributed by atoms with Crippen LogP contribution in [0, 0.1) is 0 Å². The Morgan fingerprint density at radius 3 is 2.74 bits per heavy atom. The average molecular weight is 279 g/mol. The third-order valence-corrected chi connectivity index (χ3v) is 4.01. The van der Waals surface area contributed by atoms with Gasteiger partial charge in [0.15, 0.2) is 0 Å². The SMILES string of the molecule is C/C(=C/Cl)CN1CC(C)(C)NCC1c1ccccc1. The minimum Gasteiger partial charge on any atom is -0.309 e. The molecule has 2 rings (SSSR count). The van der Waals surface area contributed by atoms with Crippen molar-refractivity contribution in [2.75, 3.05) is 19.6 Å². The summed E-state index contributed by atoms with van der Waals surface area (Å²) in [6.07, 6.45) is 0. The first kappa shape index (κ1) is 14.6. The van der Waals surface area contributed by atoms with E-state index in [9.17, 15) is 0 Å². The van der Waals surface area contributed by atoms with Crippen molar-refractivity contribution in [1.82, 2.24) is 10.2 Å². The summed E-state index contributed by atoms with van der Waals surface area (Å²) in [6.45, 7) is 9.52. The van der Waals surface area contributed by atoms with Gasteiger partial charge in [-0.15, -0.1) is 0 Å². The predicted octanol–water partition coefficient (Wildman–Crippen LogP) is 3.55. The smallest absolute Gasteiger partial charge is 0.0477 e. The molecule has 0 aromatic heterocycles. The van der Waals surface area contributed by atoms with Gasteiger partial charge in [0.1, 0.15) is 0 Å². The lowest BCUT2D eigenvalue weighted by atomic mass is 9.94. The highest BCUT2D eigenvalue weighted by molar-refractivity contribution is 6.25. The normalized spacial score (nSPS) is 24.4. The Morgan fingerprint density at radius 2 is 2.11 bits per heavy atom. The van der Waals surface area contributed by atoms with Crippen LogP contribution in [0.5, 0.6) is 0 Å². The Kier molecular flexibility index (Phi) is 4.67. The summed E-state index contributed by atoms with van der Waals surface area (Å²) in [7, 11) is 0. The van der Waals surface area contributed by atoms with Crippen LogP contribution in [0.4, 0.5) is 0 Å². The molecule has 1 heterocycles. The lowest BCUT2D eigenvalue weighted by Gasteiger charge is -2.45. The van der Waals surface area contributed by atoms with Gasteiger partial charge < -0.3 is 5.32 Å². The summed E-state index contributed by atoms with van der Waals surface area (Å²) >= 11 is 5.83. The first-order valence-electron chi connectivity index (χ1n) is 6.82. The van der Waals surface area contributed by atoms with Gasteiger partial charge in [0.05, 0.1) is 0 Å². The van der Waals surface area contributed by atoms with E-state index in [1.165, 1.54) is 11.1 Å². The molecule has 0 amide bonds. The third-order valence-electron chi connectivity index (χ3n) is 3.64. The monoisotopic (exact) mass is 278 g/mol. The van der Waals surface area contributed by atoms with Crippen molar-refractivity contribution in [3.63, 3.8) is 0 Å². The number of hydrogen-bond acceptors (Lipinski definition) is 2. The summed E-state index contributed by atoms with van der Waals surface area (Å²) < 4.78 is 0. The van der Waals surface area contributed by atoms with E-state index in [-0.39, 0.29) is 5.54 Å². The van der Waals surface area contributed by atoms with Crippen molar-refractivity contribution in [2.45, 2.75) is 32.4 Å². The number of nitrogens with zero attached hydrogens (tertiary/aromatic N) is 1. The molecule has 1 unspecified atom stereocenters. The number of nitrogens with one attached hydrogen (secondary N) is 1. The summed E-state index contributed by atoms with van der Waals surface area (Å²) in [4.78, 5) is 2.51. The minimum absolute atomic E-state index is 0.151. The molecular weight excluding hydrogens is 256 g/mol. The first-order valence-corrected chi connectivity index (χ1v) is 7.25.